The third-order valence-corrected chi connectivity index (χ3v) is 4.16. The van der Waals surface area contributed by atoms with Crippen LogP contribution >= 0.6 is 11.6 Å². The Morgan fingerprint density at radius 2 is 1.83 bits per heavy atom. The first kappa shape index (κ1) is 14.8. The molecule has 0 radical (unpaired) electrons. The molecular weight excluding hydrogens is 328 g/mol. The molecule has 3 heterocycles. The Labute approximate surface area is 143 Å². The average Bonchev–Trinajstić information content (AvgIpc) is 3.34. The minimum atomic E-state index is -0.290. The highest BCUT2D eigenvalue weighted by atomic mass is 35.5. The van der Waals surface area contributed by atoms with E-state index in [1.165, 1.54) is 11.3 Å². The fraction of sp³-hybridized carbons (Fsp3) is 0.111. The van der Waals surface area contributed by atoms with Crippen molar-refractivity contribution in [2.24, 2.45) is 5.10 Å². The lowest BCUT2D eigenvalue weighted by Crippen LogP contribution is -2.26. The zero-order chi connectivity index (χ0) is 16.5. The van der Waals surface area contributed by atoms with Crippen molar-refractivity contribution in [3.63, 3.8) is 0 Å². The summed E-state index contributed by atoms with van der Waals surface area (Å²) >= 11 is 5.97. The van der Waals surface area contributed by atoms with E-state index in [-0.39, 0.29) is 17.7 Å². The molecule has 0 aliphatic carbocycles. The minimum Gasteiger partial charge on any atom is -0.463 e. The van der Waals surface area contributed by atoms with Crippen molar-refractivity contribution < 1.29 is 13.6 Å². The highest BCUT2D eigenvalue weighted by Crippen LogP contribution is 2.34. The van der Waals surface area contributed by atoms with E-state index in [1.807, 2.05) is 18.2 Å². The van der Waals surface area contributed by atoms with Gasteiger partial charge in [0, 0.05) is 11.4 Å². The third kappa shape index (κ3) is 2.63. The first-order valence-electron chi connectivity index (χ1n) is 7.46. The van der Waals surface area contributed by atoms with Crippen molar-refractivity contribution in [3.8, 4) is 0 Å². The minimum absolute atomic E-state index is 0.236. The summed E-state index contributed by atoms with van der Waals surface area (Å²) in [7, 11) is 0. The zero-order valence-electron chi connectivity index (χ0n) is 12.6. The molecule has 0 N–H and O–H groups in total. The second-order valence-corrected chi connectivity index (χ2v) is 5.86. The second kappa shape index (κ2) is 6.02. The van der Waals surface area contributed by atoms with Gasteiger partial charge >= 0.3 is 5.91 Å². The lowest BCUT2D eigenvalue weighted by Gasteiger charge is -2.21. The summed E-state index contributed by atoms with van der Waals surface area (Å²) in [4.78, 5) is 12.7. The van der Waals surface area contributed by atoms with Crippen molar-refractivity contribution in [2.75, 3.05) is 0 Å². The van der Waals surface area contributed by atoms with E-state index in [0.29, 0.717) is 17.2 Å². The number of hydrazone groups is 1. The van der Waals surface area contributed by atoms with Crippen LogP contribution in [0.5, 0.6) is 0 Å². The molecule has 1 aliphatic heterocycles. The summed E-state index contributed by atoms with van der Waals surface area (Å²) in [6.45, 7) is 0. The molecule has 1 aromatic carbocycles. The van der Waals surface area contributed by atoms with Crippen molar-refractivity contribution >= 4 is 23.2 Å². The van der Waals surface area contributed by atoms with Crippen LogP contribution in [0.25, 0.3) is 0 Å². The molecule has 120 valence electrons. The molecule has 0 unspecified atom stereocenters. The van der Waals surface area contributed by atoms with E-state index in [2.05, 4.69) is 5.10 Å². The quantitative estimate of drug-likeness (QED) is 0.704. The summed E-state index contributed by atoms with van der Waals surface area (Å²) < 4.78 is 10.7. The third-order valence-electron chi connectivity index (χ3n) is 3.91. The van der Waals surface area contributed by atoms with Gasteiger partial charge in [0.15, 0.2) is 5.76 Å². The van der Waals surface area contributed by atoms with Gasteiger partial charge in [0.05, 0.1) is 18.6 Å². The first-order chi connectivity index (χ1) is 11.7. The van der Waals surface area contributed by atoms with Crippen LogP contribution < -0.4 is 0 Å². The van der Waals surface area contributed by atoms with Crippen LogP contribution in [0.1, 0.15) is 34.3 Å². The number of hydrogen-bond acceptors (Lipinski definition) is 4. The summed E-state index contributed by atoms with van der Waals surface area (Å²) in [5, 5.41) is 6.57. The average molecular weight is 341 g/mol. The van der Waals surface area contributed by atoms with Crippen LogP contribution in [0, 0.1) is 0 Å². The Kier molecular flexibility index (Phi) is 3.70. The summed E-state index contributed by atoms with van der Waals surface area (Å²) in [6, 6.07) is 14.1. The van der Waals surface area contributed by atoms with Crippen molar-refractivity contribution in [1.82, 2.24) is 5.01 Å². The highest BCUT2D eigenvalue weighted by Gasteiger charge is 2.35. The Balaban J connectivity index is 1.72. The Morgan fingerprint density at radius 3 is 2.50 bits per heavy atom. The zero-order valence-corrected chi connectivity index (χ0v) is 13.3. The van der Waals surface area contributed by atoms with E-state index in [4.69, 9.17) is 20.4 Å². The highest BCUT2D eigenvalue weighted by molar-refractivity contribution is 6.30. The lowest BCUT2D eigenvalue weighted by molar-refractivity contribution is 0.0678. The second-order valence-electron chi connectivity index (χ2n) is 5.42. The summed E-state index contributed by atoms with van der Waals surface area (Å²) in [6.07, 6.45) is 3.62. The van der Waals surface area contributed by atoms with Crippen LogP contribution in [0.3, 0.4) is 0 Å². The molecule has 0 spiro atoms. The number of amides is 1. The molecule has 2 aromatic heterocycles. The van der Waals surface area contributed by atoms with Crippen LogP contribution in [-0.2, 0) is 0 Å². The van der Waals surface area contributed by atoms with Gasteiger partial charge in [0.2, 0.25) is 0 Å². The predicted octanol–water partition coefficient (Wildman–Crippen LogP) is 4.52. The van der Waals surface area contributed by atoms with Gasteiger partial charge in [-0.3, -0.25) is 4.79 Å². The van der Waals surface area contributed by atoms with Crippen LogP contribution in [0.4, 0.5) is 0 Å². The SMILES string of the molecule is O=C(c1ccco1)N1N=C(c2ccco2)C[C@@H]1c1ccc(Cl)cc1. The molecule has 0 saturated carbocycles. The van der Waals surface area contributed by atoms with Crippen LogP contribution in [0.15, 0.2) is 75.0 Å². The van der Waals surface area contributed by atoms with Gasteiger partial charge in [-0.15, -0.1) is 0 Å². The van der Waals surface area contributed by atoms with Gasteiger partial charge in [-0.25, -0.2) is 5.01 Å². The molecule has 0 bridgehead atoms. The number of carbonyl (C=O) groups is 1. The maximum atomic E-state index is 12.7. The topological polar surface area (TPSA) is 59.0 Å². The molecule has 1 aliphatic rings. The smallest absolute Gasteiger partial charge is 0.310 e. The van der Waals surface area contributed by atoms with Gasteiger partial charge in [0.25, 0.3) is 0 Å². The van der Waals surface area contributed by atoms with Crippen LogP contribution in [0.2, 0.25) is 5.02 Å². The molecule has 5 nitrogen and oxygen atoms in total. The Morgan fingerprint density at radius 1 is 1.08 bits per heavy atom. The number of halogens is 1. The standard InChI is InChI=1S/C18H13ClN2O3/c19-13-7-5-12(6-8-13)15-11-14(16-3-1-9-23-16)20-21(15)18(22)17-4-2-10-24-17/h1-10,15H,11H2/t15-/m1/s1. The Hall–Kier alpha value is -2.79. The van der Waals surface area contributed by atoms with Gasteiger partial charge in [-0.05, 0) is 42.0 Å². The van der Waals surface area contributed by atoms with Gasteiger partial charge in [0.1, 0.15) is 11.5 Å². The van der Waals surface area contributed by atoms with Gasteiger partial charge in [-0.1, -0.05) is 23.7 Å². The summed E-state index contributed by atoms with van der Waals surface area (Å²) in [5.41, 5.74) is 1.67. The van der Waals surface area contributed by atoms with Crippen molar-refractivity contribution in [1.29, 1.82) is 0 Å². The lowest BCUT2D eigenvalue weighted by atomic mass is 10.0. The van der Waals surface area contributed by atoms with Crippen molar-refractivity contribution in [2.45, 2.75) is 12.5 Å². The maximum Gasteiger partial charge on any atom is 0.310 e. The number of rotatable bonds is 3. The fourth-order valence-electron chi connectivity index (χ4n) is 2.75. The molecule has 1 amide bonds. The molecule has 0 fully saturated rings. The fourth-order valence-corrected chi connectivity index (χ4v) is 2.87. The number of hydrogen-bond donors (Lipinski definition) is 0. The Bertz CT molecular complexity index is 868. The molecule has 0 saturated heterocycles. The van der Waals surface area contributed by atoms with E-state index in [1.54, 1.807) is 36.6 Å². The molecule has 3 aromatic rings. The van der Waals surface area contributed by atoms with Crippen molar-refractivity contribution in [3.05, 3.63) is 83.2 Å². The molecule has 6 heteroatoms. The van der Waals surface area contributed by atoms with Crippen LogP contribution in [-0.4, -0.2) is 16.6 Å². The van der Waals surface area contributed by atoms with E-state index < -0.39 is 0 Å². The number of carbonyl (C=O) groups excluding carboxylic acids is 1. The number of nitrogens with zero attached hydrogens (tertiary/aromatic N) is 2. The van der Waals surface area contributed by atoms with E-state index >= 15 is 0 Å². The van der Waals surface area contributed by atoms with Gasteiger partial charge < -0.3 is 8.83 Å². The maximum absolute atomic E-state index is 12.7. The number of furan rings is 2. The number of benzene rings is 1. The molecule has 4 rings (SSSR count). The molecule has 1 atom stereocenters. The van der Waals surface area contributed by atoms with E-state index in [9.17, 15) is 4.79 Å². The largest absolute Gasteiger partial charge is 0.463 e. The normalized spacial score (nSPS) is 17.1. The van der Waals surface area contributed by atoms with E-state index in [0.717, 1.165) is 11.3 Å². The monoisotopic (exact) mass is 340 g/mol. The molecular formula is C18H13ClN2O3. The predicted molar refractivity (Wildman–Crippen MR) is 88.9 cm³/mol. The molecule has 24 heavy (non-hydrogen) atoms. The summed E-state index contributed by atoms with van der Waals surface area (Å²) in [5.74, 6) is 0.614. The first-order valence-corrected chi connectivity index (χ1v) is 7.84. The van der Waals surface area contributed by atoms with Gasteiger partial charge in [-0.2, -0.15) is 5.10 Å².